The monoisotopic (exact) mass is 575 g/mol. The minimum Gasteiger partial charge on any atom is -0.507 e. The molecule has 29 heavy (non-hydrogen) atoms. The molecule has 0 heterocycles. The molecule has 161 valence electrons. The van der Waals surface area contributed by atoms with Crippen LogP contribution in [0.5, 0.6) is 11.5 Å². The number of hydrogen-bond acceptors (Lipinski definition) is 6. The first-order valence-corrected chi connectivity index (χ1v) is 10.1. The molecular formula is C20H22Br2CuN2O4. The number of phenols is 2. The number of halogens is 2. The molecule has 0 aliphatic rings. The van der Waals surface area contributed by atoms with Crippen molar-refractivity contribution in [3.05, 3.63) is 55.5 Å². The predicted octanol–water partition coefficient (Wildman–Crippen LogP) is 3.81. The molecule has 2 aromatic rings. The Kier molecular flexibility index (Phi) is 10.5. The fraction of sp³-hybridized carbons (Fsp3) is 0.300. The van der Waals surface area contributed by atoms with Crippen LogP contribution in [0.3, 0.4) is 0 Å². The van der Waals surface area contributed by atoms with Gasteiger partial charge in [0, 0.05) is 63.3 Å². The van der Waals surface area contributed by atoms with Crippen LogP contribution in [0.25, 0.3) is 0 Å². The summed E-state index contributed by atoms with van der Waals surface area (Å²) in [6.07, 6.45) is 1.27. The van der Waals surface area contributed by atoms with Gasteiger partial charge in [-0.25, -0.2) is 0 Å². The third-order valence-electron chi connectivity index (χ3n) is 4.36. The molecule has 0 unspecified atom stereocenters. The predicted molar refractivity (Wildman–Crippen MR) is 115 cm³/mol. The van der Waals surface area contributed by atoms with Crippen LogP contribution in [0.15, 0.2) is 33.2 Å². The van der Waals surface area contributed by atoms with E-state index in [1.165, 1.54) is 0 Å². The van der Waals surface area contributed by atoms with E-state index in [1.807, 2.05) is 23.9 Å². The van der Waals surface area contributed by atoms with Gasteiger partial charge in [-0.3, -0.25) is 9.59 Å². The van der Waals surface area contributed by atoms with Gasteiger partial charge in [-0.05, 0) is 38.4 Å². The Morgan fingerprint density at radius 2 is 1.14 bits per heavy atom. The van der Waals surface area contributed by atoms with E-state index >= 15 is 0 Å². The van der Waals surface area contributed by atoms with E-state index in [0.717, 1.165) is 8.95 Å². The van der Waals surface area contributed by atoms with Crippen LogP contribution in [0.1, 0.15) is 31.8 Å². The Morgan fingerprint density at radius 3 is 1.45 bits per heavy atom. The van der Waals surface area contributed by atoms with E-state index in [4.69, 9.17) is 0 Å². The Labute approximate surface area is 197 Å². The Bertz CT molecular complexity index is 809. The number of carbonyl (C=O) groups is 2. The van der Waals surface area contributed by atoms with Crippen molar-refractivity contribution in [2.24, 2.45) is 0 Å². The van der Waals surface area contributed by atoms with E-state index in [1.54, 1.807) is 24.3 Å². The number of hydrogen-bond donors (Lipinski definition) is 2. The zero-order valence-corrected chi connectivity index (χ0v) is 20.1. The van der Waals surface area contributed by atoms with Crippen LogP contribution >= 0.6 is 31.9 Å². The third kappa shape index (κ3) is 7.20. The summed E-state index contributed by atoms with van der Waals surface area (Å²) in [7, 11) is 3.85. The van der Waals surface area contributed by atoms with Gasteiger partial charge >= 0.3 is 0 Å². The minimum atomic E-state index is -0.00106. The summed E-state index contributed by atoms with van der Waals surface area (Å²) in [5, 5.41) is 20.4. The smallest absolute Gasteiger partial charge is 0.153 e. The fourth-order valence-corrected chi connectivity index (χ4v) is 3.91. The van der Waals surface area contributed by atoms with Crippen molar-refractivity contribution in [3.8, 4) is 11.5 Å². The summed E-state index contributed by atoms with van der Waals surface area (Å²) in [6, 6.07) is 6.75. The van der Waals surface area contributed by atoms with Crippen molar-refractivity contribution in [3.63, 3.8) is 0 Å². The second-order valence-electron chi connectivity index (χ2n) is 6.72. The molecule has 0 saturated heterocycles. The zero-order valence-electron chi connectivity index (χ0n) is 16.0. The minimum absolute atomic E-state index is 0. The average molecular weight is 578 g/mol. The first kappa shape index (κ1) is 25.8. The second kappa shape index (κ2) is 11.8. The van der Waals surface area contributed by atoms with Gasteiger partial charge in [0.05, 0.1) is 11.1 Å². The van der Waals surface area contributed by atoms with Crippen molar-refractivity contribution >= 4 is 44.4 Å². The van der Waals surface area contributed by atoms with E-state index in [0.29, 0.717) is 49.9 Å². The quantitative estimate of drug-likeness (QED) is 0.349. The normalized spacial score (nSPS) is 10.8. The first-order valence-electron chi connectivity index (χ1n) is 8.55. The van der Waals surface area contributed by atoms with Crippen LogP contribution < -0.4 is 0 Å². The number of benzene rings is 2. The molecule has 0 bridgehead atoms. The summed E-state index contributed by atoms with van der Waals surface area (Å²) >= 11 is 6.70. The summed E-state index contributed by atoms with van der Waals surface area (Å²) in [6.45, 7) is 2.37. The Hall–Kier alpha value is -1.22. The molecule has 0 amide bonds. The van der Waals surface area contributed by atoms with E-state index < -0.39 is 0 Å². The zero-order chi connectivity index (χ0) is 20.8. The van der Waals surface area contributed by atoms with Crippen LogP contribution in [-0.2, 0) is 30.2 Å². The summed E-state index contributed by atoms with van der Waals surface area (Å²) in [4.78, 5) is 26.2. The SMILES string of the molecule is CN(CCN(C)Cc1cc(Br)cc(C=O)c1O)Cc1cc(Br)cc(C=O)c1O.[Cu]. The number of carbonyl (C=O) groups excluding carboxylic acids is 2. The number of rotatable bonds is 9. The van der Waals surface area contributed by atoms with Crippen LogP contribution in [0, 0.1) is 0 Å². The molecule has 0 saturated carbocycles. The topological polar surface area (TPSA) is 81.1 Å². The van der Waals surface area contributed by atoms with Crippen molar-refractivity contribution in [2.75, 3.05) is 27.2 Å². The molecule has 2 rings (SSSR count). The molecule has 2 N–H and O–H groups in total. The van der Waals surface area contributed by atoms with Crippen LogP contribution in [0.2, 0.25) is 0 Å². The number of nitrogens with zero attached hydrogens (tertiary/aromatic N) is 2. The van der Waals surface area contributed by atoms with E-state index in [-0.39, 0.29) is 39.7 Å². The molecule has 0 fully saturated rings. The summed E-state index contributed by atoms with van der Waals surface area (Å²) in [5.74, 6) is -0.00212. The van der Waals surface area contributed by atoms with Gasteiger partial charge < -0.3 is 20.0 Å². The number of phenolic OH excluding ortho intramolecular Hbond substituents is 2. The van der Waals surface area contributed by atoms with Gasteiger partial charge in [0.1, 0.15) is 11.5 Å². The van der Waals surface area contributed by atoms with Gasteiger partial charge in [-0.2, -0.15) is 0 Å². The molecule has 9 heteroatoms. The second-order valence-corrected chi connectivity index (χ2v) is 8.55. The molecule has 0 aromatic heterocycles. The molecule has 0 aliphatic heterocycles. The van der Waals surface area contributed by atoms with Crippen LogP contribution in [-0.4, -0.2) is 59.8 Å². The first-order chi connectivity index (χ1) is 13.2. The Morgan fingerprint density at radius 1 is 0.793 bits per heavy atom. The largest absolute Gasteiger partial charge is 0.507 e. The van der Waals surface area contributed by atoms with Gasteiger partial charge in [-0.1, -0.05) is 31.9 Å². The number of aldehydes is 2. The van der Waals surface area contributed by atoms with E-state index in [9.17, 15) is 19.8 Å². The average Bonchev–Trinajstić information content (AvgIpc) is 2.65. The number of aromatic hydroxyl groups is 2. The van der Waals surface area contributed by atoms with Crippen LogP contribution in [0.4, 0.5) is 0 Å². The van der Waals surface area contributed by atoms with Gasteiger partial charge in [0.2, 0.25) is 0 Å². The summed E-state index contributed by atoms with van der Waals surface area (Å²) in [5.41, 5.74) is 1.85. The molecule has 1 radical (unpaired) electrons. The molecule has 0 aliphatic carbocycles. The number of likely N-dealkylation sites (N-methyl/N-ethyl adjacent to an activating group) is 2. The molecule has 6 nitrogen and oxygen atoms in total. The maximum absolute atomic E-state index is 11.1. The molecule has 0 atom stereocenters. The maximum atomic E-state index is 11.1. The van der Waals surface area contributed by atoms with Crippen molar-refractivity contribution in [1.82, 2.24) is 9.80 Å². The van der Waals surface area contributed by atoms with Crippen molar-refractivity contribution in [2.45, 2.75) is 13.1 Å². The van der Waals surface area contributed by atoms with Gasteiger partial charge in [0.15, 0.2) is 12.6 Å². The molecule has 2 aromatic carbocycles. The van der Waals surface area contributed by atoms with Gasteiger partial charge in [-0.15, -0.1) is 0 Å². The van der Waals surface area contributed by atoms with Crippen molar-refractivity contribution < 1.29 is 36.9 Å². The van der Waals surface area contributed by atoms with Gasteiger partial charge in [0.25, 0.3) is 0 Å². The Balaban J connectivity index is 0.00000420. The molecular weight excluding hydrogens is 556 g/mol. The van der Waals surface area contributed by atoms with Crippen molar-refractivity contribution in [1.29, 1.82) is 0 Å². The summed E-state index contributed by atoms with van der Waals surface area (Å²) < 4.78 is 1.48. The third-order valence-corrected chi connectivity index (χ3v) is 5.28. The standard InChI is InChI=1S/C20H22Br2N2O4.Cu/c1-23(9-13-5-17(21)7-15(11-25)19(13)27)3-4-24(2)10-14-6-18(22)8-16(12-26)20(14)28;/h5-8,11-12,27-28H,3-4,9-10H2,1-2H3;. The maximum Gasteiger partial charge on any atom is 0.153 e. The fourth-order valence-electron chi connectivity index (χ4n) is 2.86. The van der Waals surface area contributed by atoms with E-state index in [2.05, 4.69) is 31.9 Å². The molecule has 0 spiro atoms.